The Morgan fingerprint density at radius 2 is 1.62 bits per heavy atom. The van der Waals surface area contributed by atoms with E-state index in [0.29, 0.717) is 12.4 Å². The Kier molecular flexibility index (Phi) is 9.16. The molecule has 2 aromatic rings. The van der Waals surface area contributed by atoms with E-state index in [4.69, 9.17) is 36.3 Å². The number of nitrogens with zero attached hydrogens (tertiary/aromatic N) is 3. The van der Waals surface area contributed by atoms with Crippen LogP contribution in [-0.2, 0) is 44.7 Å². The molecule has 200 valence electrons. The lowest BCUT2D eigenvalue weighted by Gasteiger charge is -2.45. The monoisotopic (exact) mass is 534 g/mol. The van der Waals surface area contributed by atoms with E-state index in [0.717, 1.165) is 5.56 Å². The molecule has 0 radical (unpaired) electrons. The lowest BCUT2D eigenvalue weighted by Crippen LogP contribution is -2.64. The van der Waals surface area contributed by atoms with Crippen LogP contribution in [0.3, 0.4) is 0 Å². The number of carbonyl (C=O) groups excluding carboxylic acids is 4. The van der Waals surface area contributed by atoms with E-state index in [2.05, 4.69) is 5.32 Å². The van der Waals surface area contributed by atoms with Crippen molar-refractivity contribution in [2.75, 3.05) is 6.61 Å². The molecule has 2 heterocycles. The molecule has 0 bridgehead atoms. The highest BCUT2D eigenvalue weighted by atomic mass is 32.1. The van der Waals surface area contributed by atoms with E-state index in [9.17, 15) is 19.2 Å². The Balaban J connectivity index is 2.18. The second-order valence-corrected chi connectivity index (χ2v) is 8.77. The van der Waals surface area contributed by atoms with E-state index >= 15 is 0 Å². The molecule has 1 saturated heterocycles. The van der Waals surface area contributed by atoms with Crippen LogP contribution in [0.5, 0.6) is 0 Å². The van der Waals surface area contributed by atoms with Gasteiger partial charge in [-0.05, 0) is 19.1 Å². The third kappa shape index (κ3) is 6.60. The molecular formula is C24H30N4O8S. The van der Waals surface area contributed by atoms with E-state index in [1.54, 1.807) is 4.57 Å². The molecule has 3 rings (SSSR count). The maximum atomic E-state index is 12.2. The summed E-state index contributed by atoms with van der Waals surface area (Å²) < 4.78 is 25.9. The number of hydrogen-bond donors (Lipinski definition) is 1. The first-order valence-corrected chi connectivity index (χ1v) is 12.1. The van der Waals surface area contributed by atoms with Crippen molar-refractivity contribution < 1.29 is 38.1 Å². The molecule has 0 saturated carbocycles. The van der Waals surface area contributed by atoms with Gasteiger partial charge < -0.3 is 28.8 Å². The van der Waals surface area contributed by atoms with Gasteiger partial charge in [0.15, 0.2) is 24.3 Å². The highest BCUT2D eigenvalue weighted by Gasteiger charge is 2.52. The summed E-state index contributed by atoms with van der Waals surface area (Å²) in [7, 11) is 0. The van der Waals surface area contributed by atoms with Crippen LogP contribution in [0, 0.1) is 4.77 Å². The molecule has 0 spiro atoms. The van der Waals surface area contributed by atoms with Gasteiger partial charge in [0.1, 0.15) is 18.8 Å². The fourth-order valence-corrected chi connectivity index (χ4v) is 4.54. The van der Waals surface area contributed by atoms with Gasteiger partial charge in [-0.3, -0.25) is 19.2 Å². The Morgan fingerprint density at radius 1 is 1.00 bits per heavy atom. The average Bonchev–Trinajstić information content (AvgIpc) is 3.16. The standard InChI is InChI=1S/C24H30N4O8S/c1-6-27-22(17-10-8-7-9-11-17)26-28(24(27)37)23-19(25-13(2)29)21(35-16(5)32)20(34-15(4)31)18(36-23)12-33-14(3)30/h7-11,18-21,23H,6,12H2,1-5H3,(H,25,29)/t18-,19-,20+,21+,23-/m1/s1. The Bertz CT molecular complexity index is 1210. The maximum absolute atomic E-state index is 12.2. The van der Waals surface area contributed by atoms with Crippen molar-refractivity contribution in [3.05, 3.63) is 35.1 Å². The molecule has 1 amide bonds. The molecule has 37 heavy (non-hydrogen) atoms. The van der Waals surface area contributed by atoms with Crippen molar-refractivity contribution in [2.45, 2.75) is 71.7 Å². The molecule has 1 aromatic heterocycles. The predicted molar refractivity (Wildman–Crippen MR) is 131 cm³/mol. The van der Waals surface area contributed by atoms with Crippen molar-refractivity contribution in [2.24, 2.45) is 0 Å². The molecule has 0 aliphatic carbocycles. The van der Waals surface area contributed by atoms with E-state index in [1.165, 1.54) is 32.4 Å². The molecule has 5 atom stereocenters. The zero-order valence-corrected chi connectivity index (χ0v) is 22.0. The SMILES string of the molecule is CCn1c(-c2ccccc2)nn([C@@H]2O[C@H](COC(C)=O)[C@H](OC(C)=O)[C@@H](OC(C)=O)[C@H]2NC(C)=O)c1=S. The number of aromatic nitrogens is 3. The van der Waals surface area contributed by atoms with Crippen LogP contribution in [0.15, 0.2) is 30.3 Å². The highest BCUT2D eigenvalue weighted by molar-refractivity contribution is 7.71. The van der Waals surface area contributed by atoms with E-state index in [-0.39, 0.29) is 11.4 Å². The molecule has 1 aliphatic rings. The summed E-state index contributed by atoms with van der Waals surface area (Å²) in [4.78, 5) is 47.9. The minimum absolute atomic E-state index is 0.278. The van der Waals surface area contributed by atoms with Gasteiger partial charge in [-0.1, -0.05) is 30.3 Å². The van der Waals surface area contributed by atoms with Crippen molar-refractivity contribution in [3.8, 4) is 11.4 Å². The minimum Gasteiger partial charge on any atom is -0.463 e. The number of esters is 3. The van der Waals surface area contributed by atoms with Gasteiger partial charge in [0, 0.05) is 39.8 Å². The zero-order chi connectivity index (χ0) is 27.3. The summed E-state index contributed by atoms with van der Waals surface area (Å²) >= 11 is 5.72. The topological polar surface area (TPSA) is 140 Å². The van der Waals surface area contributed by atoms with Gasteiger partial charge in [0.05, 0.1) is 0 Å². The van der Waals surface area contributed by atoms with Gasteiger partial charge in [0.25, 0.3) is 0 Å². The number of ether oxygens (including phenoxy) is 4. The lowest BCUT2D eigenvalue weighted by molar-refractivity contribution is -0.239. The summed E-state index contributed by atoms with van der Waals surface area (Å²) in [5, 5.41) is 7.44. The predicted octanol–water partition coefficient (Wildman–Crippen LogP) is 1.93. The number of rotatable bonds is 8. The molecule has 1 N–H and O–H groups in total. The summed E-state index contributed by atoms with van der Waals surface area (Å²) in [6.07, 6.45) is -4.59. The molecule has 1 fully saturated rings. The van der Waals surface area contributed by atoms with Crippen LogP contribution in [0.4, 0.5) is 0 Å². The Labute approximate surface area is 218 Å². The second kappa shape index (κ2) is 12.1. The first-order chi connectivity index (χ1) is 17.5. The second-order valence-electron chi connectivity index (χ2n) is 8.40. The molecule has 0 unspecified atom stereocenters. The van der Waals surface area contributed by atoms with Gasteiger partial charge in [-0.25, -0.2) is 4.68 Å². The normalized spacial score (nSPS) is 23.1. The maximum Gasteiger partial charge on any atom is 0.303 e. The average molecular weight is 535 g/mol. The van der Waals surface area contributed by atoms with Crippen LogP contribution in [-0.4, -0.2) is 69.1 Å². The third-order valence-electron chi connectivity index (χ3n) is 5.56. The molecule has 1 aromatic carbocycles. The summed E-state index contributed by atoms with van der Waals surface area (Å²) in [6, 6.07) is 8.30. The first-order valence-electron chi connectivity index (χ1n) is 11.7. The van der Waals surface area contributed by atoms with Gasteiger partial charge in [-0.15, -0.1) is 5.10 Å². The lowest BCUT2D eigenvalue weighted by atomic mass is 9.95. The van der Waals surface area contributed by atoms with Crippen LogP contribution < -0.4 is 5.32 Å². The number of benzene rings is 1. The van der Waals surface area contributed by atoms with Gasteiger partial charge in [0.2, 0.25) is 10.7 Å². The minimum atomic E-state index is -1.21. The fraction of sp³-hybridized carbons (Fsp3) is 0.500. The molecule has 12 nitrogen and oxygen atoms in total. The highest BCUT2D eigenvalue weighted by Crippen LogP contribution is 2.33. The van der Waals surface area contributed by atoms with Crippen molar-refractivity contribution in [1.29, 1.82) is 0 Å². The first kappa shape index (κ1) is 28.0. The van der Waals surface area contributed by atoms with Crippen LogP contribution in [0.2, 0.25) is 0 Å². The van der Waals surface area contributed by atoms with E-state index < -0.39 is 54.4 Å². The van der Waals surface area contributed by atoms with Gasteiger partial charge in [-0.2, -0.15) is 0 Å². The number of carbonyl (C=O) groups is 4. The van der Waals surface area contributed by atoms with Crippen LogP contribution in [0.1, 0.15) is 40.8 Å². The van der Waals surface area contributed by atoms with Crippen LogP contribution >= 0.6 is 12.2 Å². The smallest absolute Gasteiger partial charge is 0.303 e. The summed E-state index contributed by atoms with van der Waals surface area (Å²) in [5.74, 6) is -1.86. The zero-order valence-electron chi connectivity index (χ0n) is 21.2. The summed E-state index contributed by atoms with van der Waals surface area (Å²) in [6.45, 7) is 6.94. The van der Waals surface area contributed by atoms with Crippen LogP contribution in [0.25, 0.3) is 11.4 Å². The van der Waals surface area contributed by atoms with Crippen molar-refractivity contribution in [3.63, 3.8) is 0 Å². The number of amides is 1. The third-order valence-corrected chi connectivity index (χ3v) is 5.97. The molecule has 13 heteroatoms. The number of hydrogen-bond acceptors (Lipinski definition) is 10. The quantitative estimate of drug-likeness (QED) is 0.303. The Morgan fingerprint density at radius 3 is 2.16 bits per heavy atom. The number of nitrogens with one attached hydrogen (secondary N) is 1. The van der Waals surface area contributed by atoms with E-state index in [1.807, 2.05) is 37.3 Å². The fourth-order valence-electron chi connectivity index (χ4n) is 4.18. The largest absolute Gasteiger partial charge is 0.463 e. The van der Waals surface area contributed by atoms with Crippen molar-refractivity contribution >= 4 is 36.0 Å². The Hall–Kier alpha value is -3.58. The van der Waals surface area contributed by atoms with Gasteiger partial charge >= 0.3 is 17.9 Å². The molecular weight excluding hydrogens is 504 g/mol. The van der Waals surface area contributed by atoms with Crippen molar-refractivity contribution in [1.82, 2.24) is 19.7 Å². The summed E-state index contributed by atoms with van der Waals surface area (Å²) in [5.41, 5.74) is 0.798. The molecule has 1 aliphatic heterocycles.